The molecule has 4 rings (SSSR count). The fourth-order valence-electron chi connectivity index (χ4n) is 4.28. The van der Waals surface area contributed by atoms with Crippen molar-refractivity contribution < 1.29 is 24.0 Å². The van der Waals surface area contributed by atoms with E-state index in [0.29, 0.717) is 36.0 Å². The van der Waals surface area contributed by atoms with Gasteiger partial charge in [0.05, 0.1) is 11.0 Å². The Morgan fingerprint density at radius 2 is 2.22 bits per heavy atom. The fraction of sp³-hybridized carbons (Fsp3) is 0.474. The summed E-state index contributed by atoms with van der Waals surface area (Å²) < 4.78 is 10.7. The second kappa shape index (κ2) is 6.68. The molecule has 2 heterocycles. The lowest BCUT2D eigenvalue weighted by molar-refractivity contribution is -0.149. The summed E-state index contributed by atoms with van der Waals surface area (Å²) in [6.07, 6.45) is 2.39. The Morgan fingerprint density at radius 3 is 2.93 bits per heavy atom. The molecule has 1 amide bonds. The van der Waals surface area contributed by atoms with Crippen LogP contribution in [0.3, 0.4) is 0 Å². The number of carboxylic acid groups (broad SMARTS) is 1. The predicted octanol–water partition coefficient (Wildman–Crippen LogP) is 2.28. The molecule has 1 aliphatic carbocycles. The second-order valence-electron chi connectivity index (χ2n) is 7.25. The van der Waals surface area contributed by atoms with Crippen LogP contribution in [0.15, 0.2) is 28.8 Å². The molecule has 2 aliphatic rings. The topological polar surface area (TPSA) is 106 Å². The number of aliphatic carboxylic acids is 1. The van der Waals surface area contributed by atoms with Gasteiger partial charge in [0.2, 0.25) is 11.7 Å². The monoisotopic (exact) mass is 371 g/mol. The number of carbonyl (C=O) groups is 2. The van der Waals surface area contributed by atoms with E-state index >= 15 is 0 Å². The Labute approximate surface area is 156 Å². The number of hydrogen-bond acceptors (Lipinski definition) is 6. The number of amides is 1. The van der Waals surface area contributed by atoms with Crippen LogP contribution in [-0.2, 0) is 11.4 Å². The molecule has 8 heteroatoms. The van der Waals surface area contributed by atoms with Gasteiger partial charge in [-0.1, -0.05) is 23.7 Å². The molecule has 0 radical (unpaired) electrons. The van der Waals surface area contributed by atoms with Gasteiger partial charge in [-0.3, -0.25) is 9.59 Å². The minimum absolute atomic E-state index is 0.0225. The smallest absolute Gasteiger partial charge is 0.311 e. The van der Waals surface area contributed by atoms with Crippen LogP contribution in [0.5, 0.6) is 5.75 Å². The van der Waals surface area contributed by atoms with Gasteiger partial charge in [0.25, 0.3) is 5.91 Å². The number of ether oxygens (including phenoxy) is 1. The molecular formula is C19H21N3O5. The normalized spacial score (nSPS) is 24.0. The molecule has 1 saturated carbocycles. The van der Waals surface area contributed by atoms with Crippen LogP contribution in [0.4, 0.5) is 0 Å². The average Bonchev–Trinajstić information content (AvgIpc) is 3.33. The van der Waals surface area contributed by atoms with Gasteiger partial charge in [0.15, 0.2) is 6.61 Å². The molecule has 1 N–H and O–H groups in total. The maximum atomic E-state index is 13.1. The molecule has 2 atom stereocenters. The summed E-state index contributed by atoms with van der Waals surface area (Å²) >= 11 is 0. The lowest BCUT2D eigenvalue weighted by Crippen LogP contribution is -2.37. The first-order chi connectivity index (χ1) is 13.0. The summed E-state index contributed by atoms with van der Waals surface area (Å²) in [4.78, 5) is 30.7. The Kier molecular flexibility index (Phi) is 4.33. The van der Waals surface area contributed by atoms with E-state index in [9.17, 15) is 14.7 Å². The molecule has 1 saturated heterocycles. The number of likely N-dealkylation sites (tertiary alicyclic amines) is 1. The van der Waals surface area contributed by atoms with E-state index in [1.54, 1.807) is 36.1 Å². The highest BCUT2D eigenvalue weighted by Gasteiger charge is 2.55. The number of carbonyl (C=O) groups excluding carboxylic acids is 1. The van der Waals surface area contributed by atoms with Crippen molar-refractivity contribution in [2.75, 3.05) is 13.1 Å². The first kappa shape index (κ1) is 17.5. The minimum Gasteiger partial charge on any atom is -0.485 e. The molecule has 27 heavy (non-hydrogen) atoms. The Morgan fingerprint density at radius 1 is 1.41 bits per heavy atom. The summed E-state index contributed by atoms with van der Waals surface area (Å²) in [6.45, 7) is 2.51. The maximum Gasteiger partial charge on any atom is 0.311 e. The van der Waals surface area contributed by atoms with Gasteiger partial charge in [0, 0.05) is 20.0 Å². The van der Waals surface area contributed by atoms with Gasteiger partial charge in [-0.05, 0) is 30.9 Å². The third kappa shape index (κ3) is 3.05. The lowest BCUT2D eigenvalue weighted by Gasteiger charge is -2.23. The largest absolute Gasteiger partial charge is 0.485 e. The number of aromatic nitrogens is 2. The van der Waals surface area contributed by atoms with Gasteiger partial charge >= 0.3 is 5.97 Å². The number of aryl methyl sites for hydroxylation is 1. The van der Waals surface area contributed by atoms with E-state index in [0.717, 1.165) is 12.8 Å². The number of fused-ring (bicyclic) bond motifs is 1. The number of rotatable bonds is 5. The van der Waals surface area contributed by atoms with Crippen LogP contribution in [0.1, 0.15) is 41.3 Å². The van der Waals surface area contributed by atoms with Gasteiger partial charge in [-0.2, -0.15) is 4.98 Å². The highest BCUT2D eigenvalue weighted by atomic mass is 16.5. The Hall–Kier alpha value is -2.90. The van der Waals surface area contributed by atoms with Gasteiger partial charge in [0.1, 0.15) is 5.75 Å². The second-order valence-corrected chi connectivity index (χ2v) is 7.25. The van der Waals surface area contributed by atoms with E-state index in [-0.39, 0.29) is 25.0 Å². The number of para-hydroxylation sites is 1. The zero-order valence-corrected chi connectivity index (χ0v) is 15.1. The van der Waals surface area contributed by atoms with E-state index < -0.39 is 11.4 Å². The van der Waals surface area contributed by atoms with Crippen molar-refractivity contribution >= 4 is 11.9 Å². The van der Waals surface area contributed by atoms with Crippen LogP contribution >= 0.6 is 0 Å². The van der Waals surface area contributed by atoms with Crippen LogP contribution in [0, 0.1) is 18.3 Å². The molecule has 1 aromatic carbocycles. The van der Waals surface area contributed by atoms with Crippen LogP contribution in [0.25, 0.3) is 0 Å². The Bertz CT molecular complexity index is 880. The standard InChI is InChI=1S/C19H21N3O5/c1-12-20-16(21-27-12)10-26-15-7-3-2-6-14(15)17(23)22-9-13-5-4-8-19(13,11-22)18(24)25/h2-3,6-7,13H,4-5,8-11H2,1H3,(H,24,25)/t13-,19+/m0/s1. The zero-order chi connectivity index (χ0) is 19.0. The fourth-order valence-corrected chi connectivity index (χ4v) is 4.28. The van der Waals surface area contributed by atoms with E-state index in [4.69, 9.17) is 9.26 Å². The number of hydrogen-bond donors (Lipinski definition) is 1. The van der Waals surface area contributed by atoms with Gasteiger partial charge < -0.3 is 19.3 Å². The molecule has 0 unspecified atom stereocenters. The van der Waals surface area contributed by atoms with Crippen molar-refractivity contribution in [3.63, 3.8) is 0 Å². The van der Waals surface area contributed by atoms with Crippen molar-refractivity contribution in [2.24, 2.45) is 11.3 Å². The molecular weight excluding hydrogens is 350 g/mol. The highest BCUT2D eigenvalue weighted by Crippen LogP contribution is 2.49. The average molecular weight is 371 g/mol. The highest BCUT2D eigenvalue weighted by molar-refractivity contribution is 5.97. The van der Waals surface area contributed by atoms with Crippen molar-refractivity contribution in [3.05, 3.63) is 41.5 Å². The van der Waals surface area contributed by atoms with Gasteiger partial charge in [-0.25, -0.2) is 0 Å². The van der Waals surface area contributed by atoms with Crippen LogP contribution < -0.4 is 4.74 Å². The molecule has 142 valence electrons. The third-order valence-corrected chi connectivity index (χ3v) is 5.63. The van der Waals surface area contributed by atoms with Gasteiger partial charge in [-0.15, -0.1) is 0 Å². The number of carboxylic acids is 1. The molecule has 2 fully saturated rings. The lowest BCUT2D eigenvalue weighted by atomic mass is 9.81. The Balaban J connectivity index is 1.52. The van der Waals surface area contributed by atoms with E-state index in [2.05, 4.69) is 10.1 Å². The van der Waals surface area contributed by atoms with Crippen LogP contribution in [0.2, 0.25) is 0 Å². The zero-order valence-electron chi connectivity index (χ0n) is 15.1. The van der Waals surface area contributed by atoms with E-state index in [1.165, 1.54) is 0 Å². The first-order valence-electron chi connectivity index (χ1n) is 9.03. The maximum absolute atomic E-state index is 13.1. The SMILES string of the molecule is Cc1nc(COc2ccccc2C(=O)N2C[C@@H]3CCC[C@@]3(C(=O)O)C2)no1. The molecule has 0 spiro atoms. The molecule has 2 aromatic rings. The summed E-state index contributed by atoms with van der Waals surface area (Å²) in [5.74, 6) is 0.291. The quantitative estimate of drug-likeness (QED) is 0.859. The van der Waals surface area contributed by atoms with Crippen LogP contribution in [-0.4, -0.2) is 45.1 Å². The summed E-state index contributed by atoms with van der Waals surface area (Å²) in [6, 6.07) is 6.96. The molecule has 1 aromatic heterocycles. The summed E-state index contributed by atoms with van der Waals surface area (Å²) in [5.41, 5.74) is -0.383. The summed E-state index contributed by atoms with van der Waals surface area (Å²) in [7, 11) is 0. The number of benzene rings is 1. The van der Waals surface area contributed by atoms with Crippen molar-refractivity contribution in [2.45, 2.75) is 32.8 Å². The minimum atomic E-state index is -0.798. The molecule has 1 aliphatic heterocycles. The van der Waals surface area contributed by atoms with Crippen molar-refractivity contribution in [3.8, 4) is 5.75 Å². The van der Waals surface area contributed by atoms with Crippen molar-refractivity contribution in [1.82, 2.24) is 15.0 Å². The number of nitrogens with zero attached hydrogens (tertiary/aromatic N) is 3. The van der Waals surface area contributed by atoms with Crippen molar-refractivity contribution in [1.29, 1.82) is 0 Å². The predicted molar refractivity (Wildman–Crippen MR) is 93.1 cm³/mol. The summed E-state index contributed by atoms with van der Waals surface area (Å²) in [5, 5.41) is 13.5. The van der Waals surface area contributed by atoms with E-state index in [1.807, 2.05) is 0 Å². The first-order valence-corrected chi connectivity index (χ1v) is 9.03. The third-order valence-electron chi connectivity index (χ3n) is 5.63. The molecule has 0 bridgehead atoms. The molecule has 8 nitrogen and oxygen atoms in total.